The van der Waals surface area contributed by atoms with Crippen LogP contribution in [0.1, 0.15) is 15.9 Å². The van der Waals surface area contributed by atoms with Gasteiger partial charge in [-0.1, -0.05) is 12.1 Å². The number of sulfonamides is 1. The van der Waals surface area contributed by atoms with Gasteiger partial charge in [0.1, 0.15) is 11.6 Å². The molecule has 0 aliphatic heterocycles. The van der Waals surface area contributed by atoms with E-state index in [0.717, 1.165) is 29.8 Å². The van der Waals surface area contributed by atoms with Gasteiger partial charge in [-0.25, -0.2) is 17.8 Å². The molecule has 1 aromatic heterocycles. The molecule has 0 saturated carbocycles. The van der Waals surface area contributed by atoms with Gasteiger partial charge in [0.05, 0.1) is 24.0 Å². The van der Waals surface area contributed by atoms with E-state index in [4.69, 9.17) is 4.74 Å². The highest BCUT2D eigenvalue weighted by atomic mass is 32.2. The molecular formula is C24H21FN4O4S. The second kappa shape index (κ2) is 9.75. The minimum Gasteiger partial charge on any atom is -0.495 e. The van der Waals surface area contributed by atoms with E-state index in [0.29, 0.717) is 17.8 Å². The third kappa shape index (κ3) is 5.41. The first-order chi connectivity index (χ1) is 16.3. The Kier molecular flexibility index (Phi) is 6.60. The maximum absolute atomic E-state index is 13.2. The van der Waals surface area contributed by atoms with E-state index in [1.165, 1.54) is 19.2 Å². The van der Waals surface area contributed by atoms with Crippen LogP contribution in [-0.4, -0.2) is 31.0 Å². The minimum absolute atomic E-state index is 0.110. The summed E-state index contributed by atoms with van der Waals surface area (Å²) in [5.74, 6) is -0.643. The third-order valence-corrected chi connectivity index (χ3v) is 6.35. The topological polar surface area (TPSA) is 102 Å². The number of rotatable bonds is 8. The van der Waals surface area contributed by atoms with Gasteiger partial charge in [0.25, 0.3) is 15.9 Å². The summed E-state index contributed by atoms with van der Waals surface area (Å²) in [5.41, 5.74) is 1.94. The number of ether oxygens (including phenoxy) is 1. The molecule has 1 heterocycles. The van der Waals surface area contributed by atoms with Crippen LogP contribution >= 0.6 is 0 Å². The number of carbonyl (C=O) groups is 1. The first kappa shape index (κ1) is 23.0. The maximum Gasteiger partial charge on any atom is 0.262 e. The Morgan fingerprint density at radius 2 is 1.79 bits per heavy atom. The van der Waals surface area contributed by atoms with Crippen LogP contribution in [-0.2, 0) is 16.6 Å². The van der Waals surface area contributed by atoms with Gasteiger partial charge in [0.15, 0.2) is 0 Å². The summed E-state index contributed by atoms with van der Waals surface area (Å²) in [4.78, 5) is 16.6. The predicted molar refractivity (Wildman–Crippen MR) is 126 cm³/mol. The lowest BCUT2D eigenvalue weighted by Gasteiger charge is -2.14. The van der Waals surface area contributed by atoms with Gasteiger partial charge in [-0.3, -0.25) is 9.52 Å². The van der Waals surface area contributed by atoms with Crippen molar-refractivity contribution in [2.45, 2.75) is 11.4 Å². The number of halogens is 1. The molecule has 0 radical (unpaired) electrons. The number of benzene rings is 3. The van der Waals surface area contributed by atoms with Crippen molar-refractivity contribution in [1.82, 2.24) is 9.55 Å². The highest BCUT2D eigenvalue weighted by Gasteiger charge is 2.18. The number of nitrogens with zero attached hydrogens (tertiary/aromatic N) is 2. The molecular weight excluding hydrogens is 459 g/mol. The summed E-state index contributed by atoms with van der Waals surface area (Å²) in [6.45, 7) is 0.637. The zero-order valence-corrected chi connectivity index (χ0v) is 18.9. The Labute approximate surface area is 196 Å². The standard InChI is InChI=1S/C24H21FN4O4S/c1-33-23-11-8-20(14-22(23)28-34(31,32)21-9-6-19(25)7-10-21)27-24(30)18-4-2-17(3-5-18)15-29-13-12-26-16-29/h2-14,16,28H,15H2,1H3,(H,27,30). The van der Waals surface area contributed by atoms with Gasteiger partial charge in [-0.15, -0.1) is 0 Å². The molecule has 174 valence electrons. The molecule has 10 heteroatoms. The fraction of sp³-hybridized carbons (Fsp3) is 0.0833. The van der Waals surface area contributed by atoms with Crippen molar-refractivity contribution in [2.24, 2.45) is 0 Å². The summed E-state index contributed by atoms with van der Waals surface area (Å²) in [6, 6.07) is 16.1. The number of aromatic nitrogens is 2. The molecule has 0 unspecified atom stereocenters. The second-order valence-corrected chi connectivity index (χ2v) is 9.04. The quantitative estimate of drug-likeness (QED) is 0.395. The number of imidazole rings is 1. The monoisotopic (exact) mass is 480 g/mol. The zero-order valence-electron chi connectivity index (χ0n) is 18.1. The van der Waals surface area contributed by atoms with Gasteiger partial charge in [-0.2, -0.15) is 0 Å². The van der Waals surface area contributed by atoms with Crippen molar-refractivity contribution in [3.05, 3.63) is 102 Å². The Morgan fingerprint density at radius 3 is 2.44 bits per heavy atom. The first-order valence-corrected chi connectivity index (χ1v) is 11.6. The average molecular weight is 481 g/mol. The number of methoxy groups -OCH3 is 1. The summed E-state index contributed by atoms with van der Waals surface area (Å²) in [5, 5.41) is 2.75. The molecule has 1 amide bonds. The summed E-state index contributed by atoms with van der Waals surface area (Å²) >= 11 is 0. The fourth-order valence-corrected chi connectivity index (χ4v) is 4.30. The highest BCUT2D eigenvalue weighted by Crippen LogP contribution is 2.30. The Hall–Kier alpha value is -4.18. The van der Waals surface area contributed by atoms with E-state index in [-0.39, 0.29) is 22.2 Å². The van der Waals surface area contributed by atoms with E-state index < -0.39 is 15.8 Å². The first-order valence-electron chi connectivity index (χ1n) is 10.2. The lowest BCUT2D eigenvalue weighted by molar-refractivity contribution is 0.102. The van der Waals surface area contributed by atoms with Crippen LogP contribution in [0.15, 0.2) is 90.3 Å². The van der Waals surface area contributed by atoms with Crippen LogP contribution in [0.4, 0.5) is 15.8 Å². The van der Waals surface area contributed by atoms with Crippen LogP contribution in [0.5, 0.6) is 5.75 Å². The van der Waals surface area contributed by atoms with Crippen molar-refractivity contribution in [2.75, 3.05) is 17.1 Å². The number of amides is 1. The lowest BCUT2D eigenvalue weighted by atomic mass is 10.1. The largest absolute Gasteiger partial charge is 0.495 e. The molecule has 34 heavy (non-hydrogen) atoms. The molecule has 0 atom stereocenters. The fourth-order valence-electron chi connectivity index (χ4n) is 3.24. The van der Waals surface area contributed by atoms with Crippen LogP contribution in [0.2, 0.25) is 0 Å². The molecule has 0 aliphatic carbocycles. The number of carbonyl (C=O) groups excluding carboxylic acids is 1. The van der Waals surface area contributed by atoms with Crippen LogP contribution < -0.4 is 14.8 Å². The molecule has 3 aromatic carbocycles. The SMILES string of the molecule is COc1ccc(NC(=O)c2ccc(Cn3ccnc3)cc2)cc1NS(=O)(=O)c1ccc(F)cc1. The summed E-state index contributed by atoms with van der Waals surface area (Å²) in [7, 11) is -2.60. The van der Waals surface area contributed by atoms with Gasteiger partial charge >= 0.3 is 0 Å². The molecule has 0 saturated heterocycles. The maximum atomic E-state index is 13.2. The lowest BCUT2D eigenvalue weighted by Crippen LogP contribution is -2.15. The highest BCUT2D eigenvalue weighted by molar-refractivity contribution is 7.92. The number of nitrogens with one attached hydrogen (secondary N) is 2. The van der Waals surface area contributed by atoms with Crippen molar-refractivity contribution in [1.29, 1.82) is 0 Å². The predicted octanol–water partition coefficient (Wildman–Crippen LogP) is 4.13. The van der Waals surface area contributed by atoms with E-state index in [1.807, 2.05) is 22.9 Å². The molecule has 0 fully saturated rings. The molecule has 4 rings (SSSR count). The zero-order chi connectivity index (χ0) is 24.1. The molecule has 2 N–H and O–H groups in total. The number of anilines is 2. The summed E-state index contributed by atoms with van der Waals surface area (Å²) in [6.07, 6.45) is 5.27. The Balaban J connectivity index is 1.49. The van der Waals surface area contributed by atoms with Gasteiger partial charge in [0.2, 0.25) is 0 Å². The van der Waals surface area contributed by atoms with Crippen LogP contribution in [0.3, 0.4) is 0 Å². The third-order valence-electron chi connectivity index (χ3n) is 4.97. The number of hydrogen-bond acceptors (Lipinski definition) is 5. The molecule has 0 spiro atoms. The van der Waals surface area contributed by atoms with Crippen LogP contribution in [0, 0.1) is 5.82 Å². The normalized spacial score (nSPS) is 11.1. The molecule has 0 aliphatic rings. The number of hydrogen-bond donors (Lipinski definition) is 2. The Bertz CT molecular complexity index is 1390. The average Bonchev–Trinajstić information content (AvgIpc) is 3.33. The summed E-state index contributed by atoms with van der Waals surface area (Å²) < 4.78 is 48.1. The minimum atomic E-state index is -4.00. The Morgan fingerprint density at radius 1 is 1.06 bits per heavy atom. The van der Waals surface area contributed by atoms with Crippen molar-refractivity contribution >= 4 is 27.3 Å². The molecule has 8 nitrogen and oxygen atoms in total. The molecule has 0 bridgehead atoms. The van der Waals surface area contributed by atoms with Crippen LogP contribution in [0.25, 0.3) is 0 Å². The second-order valence-electron chi connectivity index (χ2n) is 7.36. The van der Waals surface area contributed by atoms with Crippen molar-refractivity contribution in [3.8, 4) is 5.75 Å². The van der Waals surface area contributed by atoms with Gasteiger partial charge in [-0.05, 0) is 60.2 Å². The van der Waals surface area contributed by atoms with E-state index in [9.17, 15) is 17.6 Å². The van der Waals surface area contributed by atoms with E-state index in [2.05, 4.69) is 15.0 Å². The van der Waals surface area contributed by atoms with Crippen molar-refractivity contribution < 1.29 is 22.3 Å². The van der Waals surface area contributed by atoms with E-state index in [1.54, 1.807) is 30.7 Å². The van der Waals surface area contributed by atoms with Gasteiger partial charge in [0, 0.05) is 30.2 Å². The van der Waals surface area contributed by atoms with Crippen molar-refractivity contribution in [3.63, 3.8) is 0 Å². The smallest absolute Gasteiger partial charge is 0.262 e. The molecule has 4 aromatic rings. The van der Waals surface area contributed by atoms with Gasteiger partial charge < -0.3 is 14.6 Å². The van der Waals surface area contributed by atoms with E-state index >= 15 is 0 Å².